The molecule has 0 aliphatic carbocycles. The van der Waals surface area contributed by atoms with Gasteiger partial charge >= 0.3 is 0 Å². The second-order valence-corrected chi connectivity index (χ2v) is 4.66. The number of hydrogen-bond donors (Lipinski definition) is 3. The molecule has 0 aliphatic rings. The van der Waals surface area contributed by atoms with Gasteiger partial charge in [0.1, 0.15) is 0 Å². The highest BCUT2D eigenvalue weighted by molar-refractivity contribution is 7.87. The number of hydrogen-bond acceptors (Lipinski definition) is 3. The highest BCUT2D eigenvalue weighted by Gasteiger charge is 2.09. The van der Waals surface area contributed by atoms with Gasteiger partial charge in [-0.25, -0.2) is 4.72 Å². The van der Waals surface area contributed by atoms with Gasteiger partial charge in [0.2, 0.25) is 0 Å². The Morgan fingerprint density at radius 3 is 2.31 bits per heavy atom. The minimum atomic E-state index is -3.29. The molecule has 0 aromatic heterocycles. The summed E-state index contributed by atoms with van der Waals surface area (Å²) in [4.78, 5) is 0. The molecule has 0 spiro atoms. The Morgan fingerprint density at radius 1 is 1.23 bits per heavy atom. The smallest absolute Gasteiger partial charge is 0.277 e. The van der Waals surface area contributed by atoms with E-state index in [1.54, 1.807) is 13.8 Å². The SMILES string of the molecule is CNCCCNS(=O)(=O)NC(C)C. The van der Waals surface area contributed by atoms with Crippen molar-refractivity contribution in [1.82, 2.24) is 14.8 Å². The molecule has 0 unspecified atom stereocenters. The zero-order valence-corrected chi connectivity index (χ0v) is 9.24. The topological polar surface area (TPSA) is 70.2 Å². The summed E-state index contributed by atoms with van der Waals surface area (Å²) in [5.74, 6) is 0. The first-order valence-electron chi connectivity index (χ1n) is 4.39. The van der Waals surface area contributed by atoms with Gasteiger partial charge in [0.05, 0.1) is 0 Å². The van der Waals surface area contributed by atoms with Gasteiger partial charge in [-0.1, -0.05) is 0 Å². The Kier molecular flexibility index (Phi) is 6.23. The normalized spacial score (nSPS) is 12.3. The maximum absolute atomic E-state index is 11.2. The second-order valence-electron chi connectivity index (χ2n) is 3.13. The van der Waals surface area contributed by atoms with Crippen LogP contribution in [0.15, 0.2) is 0 Å². The van der Waals surface area contributed by atoms with E-state index in [1.807, 2.05) is 7.05 Å². The molecule has 0 amide bonds. The van der Waals surface area contributed by atoms with E-state index >= 15 is 0 Å². The predicted octanol–water partition coefficient (Wildman–Crippen LogP) is -0.572. The second kappa shape index (κ2) is 6.31. The van der Waals surface area contributed by atoms with Crippen LogP contribution in [0.2, 0.25) is 0 Å². The van der Waals surface area contributed by atoms with Crippen molar-refractivity contribution < 1.29 is 8.42 Å². The highest BCUT2D eigenvalue weighted by Crippen LogP contribution is 1.83. The quantitative estimate of drug-likeness (QED) is 0.492. The molecule has 13 heavy (non-hydrogen) atoms. The molecular weight excluding hydrogens is 190 g/mol. The molecule has 0 radical (unpaired) electrons. The zero-order chi connectivity index (χ0) is 10.3. The lowest BCUT2D eigenvalue weighted by molar-refractivity contribution is 0.551. The molecule has 5 nitrogen and oxygen atoms in total. The van der Waals surface area contributed by atoms with Crippen molar-refractivity contribution in [3.63, 3.8) is 0 Å². The third kappa shape index (κ3) is 8.17. The summed E-state index contributed by atoms with van der Waals surface area (Å²) >= 11 is 0. The van der Waals surface area contributed by atoms with Gasteiger partial charge in [0.15, 0.2) is 0 Å². The fourth-order valence-electron chi connectivity index (χ4n) is 0.824. The Morgan fingerprint density at radius 2 is 1.85 bits per heavy atom. The van der Waals surface area contributed by atoms with Crippen LogP contribution in [0.3, 0.4) is 0 Å². The van der Waals surface area contributed by atoms with Crippen LogP contribution in [0, 0.1) is 0 Å². The lowest BCUT2D eigenvalue weighted by atomic mass is 10.4. The molecule has 0 bridgehead atoms. The van der Waals surface area contributed by atoms with Gasteiger partial charge in [-0.15, -0.1) is 0 Å². The molecule has 0 rings (SSSR count). The summed E-state index contributed by atoms with van der Waals surface area (Å²) in [5, 5.41) is 2.94. The molecule has 0 aromatic rings. The monoisotopic (exact) mass is 209 g/mol. The summed E-state index contributed by atoms with van der Waals surface area (Å²) in [6.45, 7) is 4.84. The van der Waals surface area contributed by atoms with E-state index in [0.717, 1.165) is 13.0 Å². The van der Waals surface area contributed by atoms with Crippen molar-refractivity contribution in [3.05, 3.63) is 0 Å². The molecule has 6 heteroatoms. The van der Waals surface area contributed by atoms with Crippen LogP contribution < -0.4 is 14.8 Å². The van der Waals surface area contributed by atoms with Gasteiger partial charge in [0, 0.05) is 12.6 Å². The summed E-state index contributed by atoms with van der Waals surface area (Å²) in [5.41, 5.74) is 0. The van der Waals surface area contributed by atoms with Crippen LogP contribution in [0.5, 0.6) is 0 Å². The molecule has 0 atom stereocenters. The summed E-state index contributed by atoms with van der Waals surface area (Å²) in [7, 11) is -1.45. The van der Waals surface area contributed by atoms with Crippen LogP contribution >= 0.6 is 0 Å². The van der Waals surface area contributed by atoms with E-state index < -0.39 is 10.2 Å². The fourth-order valence-corrected chi connectivity index (χ4v) is 1.94. The molecule has 80 valence electrons. The van der Waals surface area contributed by atoms with E-state index in [1.165, 1.54) is 0 Å². The van der Waals surface area contributed by atoms with Gasteiger partial charge in [-0.2, -0.15) is 13.1 Å². The van der Waals surface area contributed by atoms with Crippen LogP contribution in [0.4, 0.5) is 0 Å². The lowest BCUT2D eigenvalue weighted by Gasteiger charge is -2.10. The van der Waals surface area contributed by atoms with Gasteiger partial charge in [-0.3, -0.25) is 0 Å². The average molecular weight is 209 g/mol. The lowest BCUT2D eigenvalue weighted by Crippen LogP contribution is -2.41. The number of nitrogens with one attached hydrogen (secondary N) is 3. The summed E-state index contributed by atoms with van der Waals surface area (Å²) in [6.07, 6.45) is 0.787. The Labute approximate surface area is 80.5 Å². The fraction of sp³-hybridized carbons (Fsp3) is 1.00. The maximum atomic E-state index is 11.2. The predicted molar refractivity (Wildman–Crippen MR) is 53.7 cm³/mol. The van der Waals surface area contributed by atoms with Gasteiger partial charge < -0.3 is 5.32 Å². The van der Waals surface area contributed by atoms with Gasteiger partial charge in [0.25, 0.3) is 10.2 Å². The van der Waals surface area contributed by atoms with Crippen molar-refractivity contribution in [3.8, 4) is 0 Å². The van der Waals surface area contributed by atoms with Crippen LogP contribution in [0.25, 0.3) is 0 Å². The first kappa shape index (κ1) is 12.8. The van der Waals surface area contributed by atoms with E-state index in [4.69, 9.17) is 0 Å². The van der Waals surface area contributed by atoms with E-state index in [0.29, 0.717) is 6.54 Å². The van der Waals surface area contributed by atoms with Crippen molar-refractivity contribution in [2.45, 2.75) is 26.3 Å². The zero-order valence-electron chi connectivity index (χ0n) is 8.42. The molecular formula is C7H19N3O2S. The van der Waals surface area contributed by atoms with Crippen LogP contribution in [-0.2, 0) is 10.2 Å². The third-order valence-electron chi connectivity index (χ3n) is 1.29. The molecule has 0 heterocycles. The van der Waals surface area contributed by atoms with E-state index in [9.17, 15) is 8.42 Å². The largest absolute Gasteiger partial charge is 0.320 e. The van der Waals surface area contributed by atoms with Crippen molar-refractivity contribution >= 4 is 10.2 Å². The Bertz CT molecular complexity index is 214. The van der Waals surface area contributed by atoms with E-state index in [-0.39, 0.29) is 6.04 Å². The highest BCUT2D eigenvalue weighted by atomic mass is 32.2. The average Bonchev–Trinajstić information content (AvgIpc) is 1.95. The standard InChI is InChI=1S/C7H19N3O2S/c1-7(2)10-13(11,12)9-6-4-5-8-3/h7-10H,4-6H2,1-3H3. The minimum absolute atomic E-state index is 0.0678. The Hall–Kier alpha value is -0.170. The van der Waals surface area contributed by atoms with Crippen molar-refractivity contribution in [2.75, 3.05) is 20.1 Å². The molecule has 0 saturated carbocycles. The van der Waals surface area contributed by atoms with E-state index in [2.05, 4.69) is 14.8 Å². The summed E-state index contributed by atoms with van der Waals surface area (Å²) < 4.78 is 27.2. The number of rotatable bonds is 7. The molecule has 0 fully saturated rings. The molecule has 0 aromatic carbocycles. The molecule has 3 N–H and O–H groups in total. The molecule has 0 saturated heterocycles. The van der Waals surface area contributed by atoms with Crippen molar-refractivity contribution in [1.29, 1.82) is 0 Å². The van der Waals surface area contributed by atoms with Crippen molar-refractivity contribution in [2.24, 2.45) is 0 Å². The van der Waals surface area contributed by atoms with Crippen LogP contribution in [0.1, 0.15) is 20.3 Å². The van der Waals surface area contributed by atoms with Crippen LogP contribution in [-0.4, -0.2) is 34.6 Å². The summed E-state index contributed by atoms with van der Waals surface area (Å²) in [6, 6.07) is -0.0678. The molecule has 0 aliphatic heterocycles. The minimum Gasteiger partial charge on any atom is -0.320 e. The van der Waals surface area contributed by atoms with Gasteiger partial charge in [-0.05, 0) is 33.9 Å². The first-order valence-corrected chi connectivity index (χ1v) is 5.88. The maximum Gasteiger partial charge on any atom is 0.277 e. The first-order chi connectivity index (χ1) is 5.98. The third-order valence-corrected chi connectivity index (χ3v) is 2.65. The Balaban J connectivity index is 3.64.